The Morgan fingerprint density at radius 1 is 1.53 bits per heavy atom. The number of rotatable bonds is 2. The second-order valence-corrected chi connectivity index (χ2v) is 4.98. The van der Waals surface area contributed by atoms with Gasteiger partial charge in [0.05, 0.1) is 12.1 Å². The van der Waals surface area contributed by atoms with E-state index >= 15 is 0 Å². The quantitative estimate of drug-likeness (QED) is 0.735. The number of ether oxygens (including phenoxy) is 1. The fourth-order valence-corrected chi connectivity index (χ4v) is 2.36. The van der Waals surface area contributed by atoms with Crippen molar-refractivity contribution in [2.24, 2.45) is 0 Å². The summed E-state index contributed by atoms with van der Waals surface area (Å²) in [6.45, 7) is 3.56. The molecule has 0 saturated carbocycles. The van der Waals surface area contributed by atoms with E-state index in [1.807, 2.05) is 6.92 Å². The fourth-order valence-electron chi connectivity index (χ4n) is 2.36. The van der Waals surface area contributed by atoms with Crippen LogP contribution in [0.1, 0.15) is 26.2 Å². The average molecular weight is 242 g/mol. The van der Waals surface area contributed by atoms with Crippen LogP contribution in [0, 0.1) is 0 Å². The summed E-state index contributed by atoms with van der Waals surface area (Å²) in [4.78, 5) is 24.4. The Labute approximate surface area is 99.9 Å². The molecule has 6 heteroatoms. The van der Waals surface area contributed by atoms with Crippen molar-refractivity contribution in [3.05, 3.63) is 0 Å². The summed E-state index contributed by atoms with van der Waals surface area (Å²) >= 11 is 0. The van der Waals surface area contributed by atoms with Crippen LogP contribution in [0.4, 0.5) is 4.79 Å². The first kappa shape index (κ1) is 12.2. The zero-order chi connectivity index (χ0) is 12.5. The molecule has 6 nitrogen and oxygen atoms in total. The van der Waals surface area contributed by atoms with Crippen LogP contribution in [0.3, 0.4) is 0 Å². The third kappa shape index (κ3) is 2.52. The van der Waals surface area contributed by atoms with Crippen molar-refractivity contribution in [2.45, 2.75) is 37.8 Å². The smallest absolute Gasteiger partial charge is 0.326 e. The Balaban J connectivity index is 1.97. The zero-order valence-electron chi connectivity index (χ0n) is 9.94. The molecule has 17 heavy (non-hydrogen) atoms. The van der Waals surface area contributed by atoms with Gasteiger partial charge in [-0.1, -0.05) is 0 Å². The summed E-state index contributed by atoms with van der Waals surface area (Å²) < 4.78 is 5.25. The Kier molecular flexibility index (Phi) is 3.24. The number of carboxylic acids is 1. The molecule has 0 bridgehead atoms. The minimum Gasteiger partial charge on any atom is -0.480 e. The van der Waals surface area contributed by atoms with Gasteiger partial charge < -0.3 is 20.1 Å². The number of amides is 2. The van der Waals surface area contributed by atoms with E-state index in [1.165, 1.54) is 4.90 Å². The lowest BCUT2D eigenvalue weighted by molar-refractivity contribution is -0.141. The number of likely N-dealkylation sites (tertiary alicyclic amines) is 1. The largest absolute Gasteiger partial charge is 0.480 e. The minimum atomic E-state index is -0.925. The standard InChI is InChI=1S/C11H18N2O4/c1-11(4-6-17-7-11)12-10(16)13-5-2-3-8(13)9(14)15/h8H,2-7H2,1H3,(H,12,16)(H,14,15)/t8-,11?/m1/s1. The molecule has 2 atom stereocenters. The molecule has 0 spiro atoms. The highest BCUT2D eigenvalue weighted by atomic mass is 16.5. The first-order valence-corrected chi connectivity index (χ1v) is 5.91. The van der Waals surface area contributed by atoms with Gasteiger partial charge in [-0.2, -0.15) is 0 Å². The van der Waals surface area contributed by atoms with E-state index in [4.69, 9.17) is 9.84 Å². The molecule has 0 aromatic carbocycles. The molecule has 2 fully saturated rings. The number of nitrogens with one attached hydrogen (secondary N) is 1. The van der Waals surface area contributed by atoms with E-state index in [2.05, 4.69) is 5.32 Å². The van der Waals surface area contributed by atoms with Crippen LogP contribution in [0.15, 0.2) is 0 Å². The molecule has 0 aromatic heterocycles. The van der Waals surface area contributed by atoms with E-state index < -0.39 is 12.0 Å². The SMILES string of the molecule is CC1(NC(=O)N2CCC[C@@H]2C(=O)O)CCOC1. The van der Waals surface area contributed by atoms with Crippen molar-refractivity contribution in [1.82, 2.24) is 10.2 Å². The van der Waals surface area contributed by atoms with E-state index in [1.54, 1.807) is 0 Å². The third-order valence-corrected chi connectivity index (χ3v) is 3.43. The van der Waals surface area contributed by atoms with Gasteiger partial charge in [0, 0.05) is 13.2 Å². The molecule has 2 rings (SSSR count). The summed E-state index contributed by atoms with van der Waals surface area (Å²) in [5.41, 5.74) is -0.358. The van der Waals surface area contributed by atoms with Crippen LogP contribution in [-0.4, -0.2) is 53.3 Å². The van der Waals surface area contributed by atoms with Crippen LogP contribution in [0.2, 0.25) is 0 Å². The molecule has 96 valence electrons. The summed E-state index contributed by atoms with van der Waals surface area (Å²) in [5, 5.41) is 11.9. The number of carbonyl (C=O) groups excluding carboxylic acids is 1. The third-order valence-electron chi connectivity index (χ3n) is 3.43. The topological polar surface area (TPSA) is 78.9 Å². The molecule has 2 amide bonds. The Morgan fingerprint density at radius 2 is 2.29 bits per heavy atom. The van der Waals surface area contributed by atoms with Gasteiger partial charge in [0.25, 0.3) is 0 Å². The predicted octanol–water partition coefficient (Wildman–Crippen LogP) is 0.424. The van der Waals surface area contributed by atoms with Gasteiger partial charge in [0.2, 0.25) is 0 Å². The zero-order valence-corrected chi connectivity index (χ0v) is 9.94. The van der Waals surface area contributed by atoms with Crippen molar-refractivity contribution >= 4 is 12.0 Å². The molecule has 2 aliphatic heterocycles. The van der Waals surface area contributed by atoms with Crippen molar-refractivity contribution < 1.29 is 19.4 Å². The van der Waals surface area contributed by atoms with Crippen molar-refractivity contribution in [3.63, 3.8) is 0 Å². The highest BCUT2D eigenvalue weighted by Gasteiger charge is 2.38. The van der Waals surface area contributed by atoms with Crippen molar-refractivity contribution in [3.8, 4) is 0 Å². The molecule has 2 N–H and O–H groups in total. The second-order valence-electron chi connectivity index (χ2n) is 4.98. The first-order valence-electron chi connectivity index (χ1n) is 5.91. The second kappa shape index (κ2) is 4.52. The molecule has 2 heterocycles. The van der Waals surface area contributed by atoms with Gasteiger partial charge in [-0.15, -0.1) is 0 Å². The number of urea groups is 1. The predicted molar refractivity (Wildman–Crippen MR) is 59.7 cm³/mol. The lowest BCUT2D eigenvalue weighted by Crippen LogP contribution is -2.54. The molecular formula is C11H18N2O4. The van der Waals surface area contributed by atoms with Gasteiger partial charge in [-0.3, -0.25) is 0 Å². The monoisotopic (exact) mass is 242 g/mol. The molecular weight excluding hydrogens is 224 g/mol. The summed E-state index contributed by atoms with van der Waals surface area (Å²) in [6.07, 6.45) is 2.05. The first-order chi connectivity index (χ1) is 8.02. The van der Waals surface area contributed by atoms with Crippen LogP contribution in [-0.2, 0) is 9.53 Å². The lowest BCUT2D eigenvalue weighted by Gasteiger charge is -2.29. The van der Waals surface area contributed by atoms with Gasteiger partial charge >= 0.3 is 12.0 Å². The van der Waals surface area contributed by atoms with Crippen LogP contribution >= 0.6 is 0 Å². The molecule has 0 radical (unpaired) electrons. The number of hydrogen-bond donors (Lipinski definition) is 2. The molecule has 2 saturated heterocycles. The van der Waals surface area contributed by atoms with Crippen LogP contribution < -0.4 is 5.32 Å². The molecule has 0 aromatic rings. The maximum Gasteiger partial charge on any atom is 0.326 e. The lowest BCUT2D eigenvalue weighted by atomic mass is 10.0. The van der Waals surface area contributed by atoms with Crippen molar-refractivity contribution in [2.75, 3.05) is 19.8 Å². The molecule has 1 unspecified atom stereocenters. The Hall–Kier alpha value is -1.30. The van der Waals surface area contributed by atoms with Crippen LogP contribution in [0.25, 0.3) is 0 Å². The number of hydrogen-bond acceptors (Lipinski definition) is 3. The molecule has 0 aliphatic carbocycles. The van der Waals surface area contributed by atoms with Gasteiger partial charge in [0.15, 0.2) is 0 Å². The van der Waals surface area contributed by atoms with E-state index in [-0.39, 0.29) is 11.6 Å². The summed E-state index contributed by atoms with van der Waals surface area (Å²) in [6, 6.07) is -0.969. The highest BCUT2D eigenvalue weighted by molar-refractivity contribution is 5.83. The van der Waals surface area contributed by atoms with Gasteiger partial charge in [0.1, 0.15) is 6.04 Å². The van der Waals surface area contributed by atoms with E-state index in [9.17, 15) is 9.59 Å². The fraction of sp³-hybridized carbons (Fsp3) is 0.818. The number of aliphatic carboxylic acids is 1. The van der Waals surface area contributed by atoms with Gasteiger partial charge in [-0.25, -0.2) is 9.59 Å². The number of nitrogens with zero attached hydrogens (tertiary/aromatic N) is 1. The molecule has 2 aliphatic rings. The normalized spacial score (nSPS) is 32.8. The van der Waals surface area contributed by atoms with Crippen molar-refractivity contribution in [1.29, 1.82) is 0 Å². The maximum atomic E-state index is 12.0. The number of carboxylic acid groups (broad SMARTS) is 1. The highest BCUT2D eigenvalue weighted by Crippen LogP contribution is 2.21. The summed E-state index contributed by atoms with van der Waals surface area (Å²) in [7, 11) is 0. The van der Waals surface area contributed by atoms with E-state index in [0.29, 0.717) is 26.2 Å². The Morgan fingerprint density at radius 3 is 2.88 bits per heavy atom. The maximum absolute atomic E-state index is 12.0. The average Bonchev–Trinajstić information content (AvgIpc) is 2.85. The van der Waals surface area contributed by atoms with Gasteiger partial charge in [-0.05, 0) is 26.2 Å². The van der Waals surface area contributed by atoms with E-state index in [0.717, 1.165) is 12.8 Å². The Bertz CT molecular complexity index is 325. The summed E-state index contributed by atoms with van der Waals surface area (Å²) in [5.74, 6) is -0.925. The minimum absolute atomic E-state index is 0.289. The van der Waals surface area contributed by atoms with Crippen LogP contribution in [0.5, 0.6) is 0 Å². The number of carbonyl (C=O) groups is 2.